The zero-order valence-electron chi connectivity index (χ0n) is 17.6. The molecule has 2 fully saturated rings. The van der Waals surface area contributed by atoms with Crippen LogP contribution in [0.3, 0.4) is 0 Å². The number of aryl methyl sites for hydroxylation is 1. The summed E-state index contributed by atoms with van der Waals surface area (Å²) in [5.74, 6) is 1.92. The molecule has 1 atom stereocenters. The minimum Gasteiger partial charge on any atom is -0.494 e. The van der Waals surface area contributed by atoms with E-state index < -0.39 is 0 Å². The quantitative estimate of drug-likeness (QED) is 0.574. The Hall–Kier alpha value is -1.79. The van der Waals surface area contributed by atoms with Crippen molar-refractivity contribution in [3.8, 4) is 5.75 Å². The Labute approximate surface area is 169 Å². The molecule has 0 saturated carbocycles. The topological polar surface area (TPSA) is 55.3 Å². The fourth-order valence-electron chi connectivity index (χ4n) is 3.91. The predicted molar refractivity (Wildman–Crippen MR) is 112 cm³/mol. The van der Waals surface area contributed by atoms with E-state index in [-0.39, 0.29) is 0 Å². The van der Waals surface area contributed by atoms with Gasteiger partial charge in [0.05, 0.1) is 25.4 Å². The van der Waals surface area contributed by atoms with E-state index in [9.17, 15) is 0 Å². The number of rotatable bonds is 7. The lowest BCUT2D eigenvalue weighted by Crippen LogP contribution is -2.47. The fourth-order valence-corrected chi connectivity index (χ4v) is 3.91. The van der Waals surface area contributed by atoms with Crippen molar-refractivity contribution in [2.45, 2.75) is 58.3 Å². The second-order valence-electron chi connectivity index (χ2n) is 7.59. The summed E-state index contributed by atoms with van der Waals surface area (Å²) in [5.41, 5.74) is 2.40. The van der Waals surface area contributed by atoms with Gasteiger partial charge in [-0.05, 0) is 56.7 Å². The molecule has 0 spiro atoms. The van der Waals surface area contributed by atoms with Crippen LogP contribution in [0.5, 0.6) is 5.75 Å². The van der Waals surface area contributed by atoms with Gasteiger partial charge in [-0.3, -0.25) is 4.99 Å². The Morgan fingerprint density at radius 1 is 1.29 bits per heavy atom. The molecule has 2 saturated heterocycles. The molecule has 0 aromatic heterocycles. The summed E-state index contributed by atoms with van der Waals surface area (Å²) in [4.78, 5) is 6.80. The molecule has 1 aromatic rings. The van der Waals surface area contributed by atoms with Crippen molar-refractivity contribution in [3.63, 3.8) is 0 Å². The van der Waals surface area contributed by atoms with Crippen LogP contribution in [0.1, 0.15) is 43.7 Å². The monoisotopic (exact) mass is 389 g/mol. The zero-order valence-corrected chi connectivity index (χ0v) is 17.6. The summed E-state index contributed by atoms with van der Waals surface area (Å²) in [5, 5.41) is 3.50. The summed E-state index contributed by atoms with van der Waals surface area (Å²) in [6.45, 7) is 9.13. The number of benzene rings is 1. The van der Waals surface area contributed by atoms with E-state index in [0.717, 1.165) is 63.8 Å². The van der Waals surface area contributed by atoms with E-state index in [2.05, 4.69) is 40.3 Å². The van der Waals surface area contributed by atoms with Crippen LogP contribution in [0, 0.1) is 6.92 Å². The van der Waals surface area contributed by atoms with Crippen molar-refractivity contribution in [3.05, 3.63) is 29.3 Å². The van der Waals surface area contributed by atoms with E-state index in [0.29, 0.717) is 18.8 Å². The minimum absolute atomic E-state index is 0.310. The Bertz CT molecular complexity index is 636. The first-order valence-corrected chi connectivity index (χ1v) is 10.6. The molecule has 0 amide bonds. The Morgan fingerprint density at radius 2 is 2.11 bits per heavy atom. The van der Waals surface area contributed by atoms with Gasteiger partial charge < -0.3 is 24.4 Å². The lowest BCUT2D eigenvalue weighted by molar-refractivity contribution is -0.0367. The number of ether oxygens (including phenoxy) is 3. The molecule has 1 N–H and O–H groups in total. The third-order valence-electron chi connectivity index (χ3n) is 5.48. The number of nitrogens with one attached hydrogen (secondary N) is 1. The van der Waals surface area contributed by atoms with Crippen LogP contribution in [-0.4, -0.2) is 63.0 Å². The minimum atomic E-state index is 0.310. The molecule has 0 bridgehead atoms. The smallest absolute Gasteiger partial charge is 0.193 e. The summed E-state index contributed by atoms with van der Waals surface area (Å²) in [6, 6.07) is 6.34. The maximum atomic E-state index is 6.08. The van der Waals surface area contributed by atoms with Gasteiger partial charge >= 0.3 is 0 Å². The molecule has 156 valence electrons. The number of hydrogen-bond acceptors (Lipinski definition) is 4. The first-order valence-electron chi connectivity index (χ1n) is 10.6. The number of hydrogen-bond donors (Lipinski definition) is 1. The highest BCUT2D eigenvalue weighted by Gasteiger charge is 2.24. The van der Waals surface area contributed by atoms with Crippen molar-refractivity contribution in [1.29, 1.82) is 0 Å². The second kappa shape index (κ2) is 10.7. The van der Waals surface area contributed by atoms with Crippen molar-refractivity contribution in [2.75, 3.05) is 40.0 Å². The SMILES string of the molecule is CCOc1ccc(CNC(=NC)N2CCC(OCC3CCCO3)CC2)cc1C. The fraction of sp³-hybridized carbons (Fsp3) is 0.682. The average Bonchev–Trinajstić information content (AvgIpc) is 3.23. The van der Waals surface area contributed by atoms with Crippen LogP contribution in [0.25, 0.3) is 0 Å². The van der Waals surface area contributed by atoms with Gasteiger partial charge in [-0.2, -0.15) is 0 Å². The van der Waals surface area contributed by atoms with E-state index >= 15 is 0 Å². The van der Waals surface area contributed by atoms with Crippen LogP contribution >= 0.6 is 0 Å². The van der Waals surface area contributed by atoms with E-state index in [1.165, 1.54) is 17.5 Å². The Morgan fingerprint density at radius 3 is 2.75 bits per heavy atom. The predicted octanol–water partition coefficient (Wildman–Crippen LogP) is 3.13. The molecule has 2 heterocycles. The lowest BCUT2D eigenvalue weighted by atomic mass is 10.1. The Balaban J connectivity index is 1.42. The second-order valence-corrected chi connectivity index (χ2v) is 7.59. The largest absolute Gasteiger partial charge is 0.494 e. The van der Waals surface area contributed by atoms with Gasteiger partial charge in [0.25, 0.3) is 0 Å². The van der Waals surface area contributed by atoms with Crippen LogP contribution in [0.15, 0.2) is 23.2 Å². The van der Waals surface area contributed by atoms with Crippen LogP contribution in [-0.2, 0) is 16.0 Å². The molecule has 0 aliphatic carbocycles. The van der Waals surface area contributed by atoms with Gasteiger partial charge in [0.1, 0.15) is 5.75 Å². The van der Waals surface area contributed by atoms with Crippen molar-refractivity contribution >= 4 is 5.96 Å². The normalized spacial score (nSPS) is 21.2. The van der Waals surface area contributed by atoms with Crippen LogP contribution in [0.4, 0.5) is 0 Å². The highest BCUT2D eigenvalue weighted by molar-refractivity contribution is 5.80. The van der Waals surface area contributed by atoms with Gasteiger partial charge in [0.2, 0.25) is 0 Å². The van der Waals surface area contributed by atoms with E-state index in [1.807, 2.05) is 14.0 Å². The molecule has 2 aliphatic rings. The third-order valence-corrected chi connectivity index (χ3v) is 5.48. The first-order chi connectivity index (χ1) is 13.7. The van der Waals surface area contributed by atoms with Crippen LogP contribution < -0.4 is 10.1 Å². The number of likely N-dealkylation sites (tertiary alicyclic amines) is 1. The molecule has 2 aliphatic heterocycles. The van der Waals surface area contributed by atoms with Crippen molar-refractivity contribution < 1.29 is 14.2 Å². The van der Waals surface area contributed by atoms with Crippen molar-refractivity contribution in [1.82, 2.24) is 10.2 Å². The van der Waals surface area contributed by atoms with Gasteiger partial charge in [0, 0.05) is 33.3 Å². The Kier molecular flexibility index (Phi) is 7.98. The molecule has 6 nitrogen and oxygen atoms in total. The molecular weight excluding hydrogens is 354 g/mol. The number of aliphatic imine (C=N–C) groups is 1. The van der Waals surface area contributed by atoms with Crippen LogP contribution in [0.2, 0.25) is 0 Å². The standard InChI is InChI=1S/C22H35N3O3/c1-4-26-21-8-7-18(14-17(21)2)15-24-22(23-3)25-11-9-19(10-12-25)28-16-20-6-5-13-27-20/h7-8,14,19-20H,4-6,9-13,15-16H2,1-3H3,(H,23,24). The number of guanidine groups is 1. The molecular formula is C22H35N3O3. The highest BCUT2D eigenvalue weighted by Crippen LogP contribution is 2.20. The van der Waals surface area contributed by atoms with Gasteiger partial charge in [-0.1, -0.05) is 12.1 Å². The number of piperidine rings is 1. The first kappa shape index (κ1) is 20.9. The van der Waals surface area contributed by atoms with Gasteiger partial charge in [-0.25, -0.2) is 0 Å². The maximum Gasteiger partial charge on any atom is 0.193 e. The molecule has 3 rings (SSSR count). The summed E-state index contributed by atoms with van der Waals surface area (Å²) in [7, 11) is 1.85. The molecule has 1 unspecified atom stereocenters. The molecule has 1 aromatic carbocycles. The highest BCUT2D eigenvalue weighted by atomic mass is 16.5. The summed E-state index contributed by atoms with van der Waals surface area (Å²) < 4.78 is 17.4. The molecule has 0 radical (unpaired) electrons. The average molecular weight is 390 g/mol. The summed E-state index contributed by atoms with van der Waals surface area (Å²) >= 11 is 0. The van der Waals surface area contributed by atoms with E-state index in [4.69, 9.17) is 14.2 Å². The number of nitrogens with zero attached hydrogens (tertiary/aromatic N) is 2. The summed E-state index contributed by atoms with van der Waals surface area (Å²) in [6.07, 6.45) is 5.03. The zero-order chi connectivity index (χ0) is 19.8. The van der Waals surface area contributed by atoms with Gasteiger partial charge in [-0.15, -0.1) is 0 Å². The van der Waals surface area contributed by atoms with Gasteiger partial charge in [0.15, 0.2) is 5.96 Å². The third kappa shape index (κ3) is 5.85. The lowest BCUT2D eigenvalue weighted by Gasteiger charge is -2.34. The molecule has 6 heteroatoms. The maximum absolute atomic E-state index is 6.08. The van der Waals surface area contributed by atoms with E-state index in [1.54, 1.807) is 0 Å². The molecule has 28 heavy (non-hydrogen) atoms. The van der Waals surface area contributed by atoms with Crippen molar-refractivity contribution in [2.24, 2.45) is 4.99 Å².